The molecule has 84 valence electrons. The molecule has 1 nitrogen and oxygen atoms in total. The molecule has 1 rings (SSSR count). The molecule has 1 aromatic rings. The number of alkyl halides is 3. The number of unbranched alkanes of at least 4 members (excludes halogenated alkanes) is 1. The number of halogens is 3. The zero-order valence-electron chi connectivity index (χ0n) is 8.47. The predicted octanol–water partition coefficient (Wildman–Crippen LogP) is 4.15. The highest BCUT2D eigenvalue weighted by atomic mass is 35.5. The van der Waals surface area contributed by atoms with Crippen LogP contribution in [0.25, 0.3) is 0 Å². The van der Waals surface area contributed by atoms with E-state index >= 15 is 0 Å². The van der Waals surface area contributed by atoms with E-state index in [0.29, 0.717) is 12.4 Å². The Labute approximate surface area is 93.0 Å². The van der Waals surface area contributed by atoms with Crippen LogP contribution in [0.3, 0.4) is 0 Å². The van der Waals surface area contributed by atoms with Gasteiger partial charge in [-0.2, -0.15) is 8.78 Å². The summed E-state index contributed by atoms with van der Waals surface area (Å²) in [5, 5.41) is -3.33. The molecule has 0 spiro atoms. The summed E-state index contributed by atoms with van der Waals surface area (Å²) in [6.07, 6.45) is 1.91. The molecule has 0 aliphatic carbocycles. The summed E-state index contributed by atoms with van der Waals surface area (Å²) in [7, 11) is 0. The van der Waals surface area contributed by atoms with Crippen LogP contribution in [-0.2, 0) is 5.38 Å². The summed E-state index contributed by atoms with van der Waals surface area (Å²) in [6, 6.07) is 5.69. The van der Waals surface area contributed by atoms with Crippen LogP contribution < -0.4 is 4.74 Å². The van der Waals surface area contributed by atoms with E-state index in [4.69, 9.17) is 16.3 Å². The second-order valence-electron chi connectivity index (χ2n) is 3.23. The van der Waals surface area contributed by atoms with Crippen LogP contribution >= 0.6 is 11.6 Å². The van der Waals surface area contributed by atoms with E-state index in [1.54, 1.807) is 6.07 Å². The second kappa shape index (κ2) is 5.31. The Balaban J connectivity index is 2.66. The molecule has 0 N–H and O–H groups in total. The molecular weight excluding hydrogens is 222 g/mol. The fourth-order valence-corrected chi connectivity index (χ4v) is 1.21. The molecule has 0 saturated carbocycles. The molecule has 0 atom stereocenters. The first-order valence-corrected chi connectivity index (χ1v) is 5.22. The molecule has 0 amide bonds. The van der Waals surface area contributed by atoms with Crippen molar-refractivity contribution in [1.82, 2.24) is 0 Å². The molecule has 0 aliphatic rings. The summed E-state index contributed by atoms with van der Waals surface area (Å²) in [6.45, 7) is 2.57. The van der Waals surface area contributed by atoms with Gasteiger partial charge in [0.1, 0.15) is 5.75 Å². The lowest BCUT2D eigenvalue weighted by Crippen LogP contribution is -2.04. The molecule has 0 unspecified atom stereocenters. The summed E-state index contributed by atoms with van der Waals surface area (Å²) in [5.74, 6) is 0.432. The zero-order chi connectivity index (χ0) is 11.3. The van der Waals surface area contributed by atoms with Gasteiger partial charge in [0, 0.05) is 5.56 Å². The molecule has 0 aromatic heterocycles. The molecule has 1 aromatic carbocycles. The SMILES string of the molecule is CCCCOc1cccc(C(F)(F)Cl)c1. The Morgan fingerprint density at radius 3 is 2.73 bits per heavy atom. The lowest BCUT2D eigenvalue weighted by atomic mass is 10.2. The predicted molar refractivity (Wildman–Crippen MR) is 56.6 cm³/mol. The summed E-state index contributed by atoms with van der Waals surface area (Å²) < 4.78 is 30.8. The van der Waals surface area contributed by atoms with Gasteiger partial charge in [0.2, 0.25) is 0 Å². The first kappa shape index (κ1) is 12.2. The molecule has 0 bridgehead atoms. The van der Waals surface area contributed by atoms with E-state index in [2.05, 4.69) is 0 Å². The van der Waals surface area contributed by atoms with E-state index in [-0.39, 0.29) is 5.56 Å². The fraction of sp³-hybridized carbons (Fsp3) is 0.455. The van der Waals surface area contributed by atoms with Gasteiger partial charge < -0.3 is 4.74 Å². The average Bonchev–Trinajstić information content (AvgIpc) is 2.17. The van der Waals surface area contributed by atoms with Gasteiger partial charge in [-0.3, -0.25) is 0 Å². The number of ether oxygens (including phenoxy) is 1. The van der Waals surface area contributed by atoms with Crippen LogP contribution in [0.2, 0.25) is 0 Å². The van der Waals surface area contributed by atoms with Crippen LogP contribution in [0, 0.1) is 0 Å². The van der Waals surface area contributed by atoms with Crippen LogP contribution in [0.15, 0.2) is 24.3 Å². The third-order valence-electron chi connectivity index (χ3n) is 1.93. The quantitative estimate of drug-likeness (QED) is 0.549. The zero-order valence-corrected chi connectivity index (χ0v) is 9.23. The van der Waals surface area contributed by atoms with Crippen molar-refractivity contribution in [3.05, 3.63) is 29.8 Å². The van der Waals surface area contributed by atoms with E-state index in [9.17, 15) is 8.78 Å². The van der Waals surface area contributed by atoms with Gasteiger partial charge in [-0.05, 0) is 30.2 Å². The highest BCUT2D eigenvalue weighted by molar-refractivity contribution is 6.21. The molecule has 15 heavy (non-hydrogen) atoms. The minimum Gasteiger partial charge on any atom is -0.494 e. The first-order valence-electron chi connectivity index (χ1n) is 4.84. The maximum absolute atomic E-state index is 12.7. The molecule has 0 fully saturated rings. The minimum atomic E-state index is -3.33. The molecule has 0 aliphatic heterocycles. The van der Waals surface area contributed by atoms with Crippen molar-refractivity contribution in [2.45, 2.75) is 25.1 Å². The molecule has 0 saturated heterocycles. The second-order valence-corrected chi connectivity index (χ2v) is 3.70. The summed E-state index contributed by atoms with van der Waals surface area (Å²) in [4.78, 5) is 0. The van der Waals surface area contributed by atoms with E-state index in [0.717, 1.165) is 12.8 Å². The lowest BCUT2D eigenvalue weighted by Gasteiger charge is -2.10. The van der Waals surface area contributed by atoms with Gasteiger partial charge in [-0.1, -0.05) is 25.5 Å². The lowest BCUT2D eigenvalue weighted by molar-refractivity contribution is 0.0947. The van der Waals surface area contributed by atoms with Crippen molar-refractivity contribution in [1.29, 1.82) is 0 Å². The average molecular weight is 235 g/mol. The highest BCUT2D eigenvalue weighted by Crippen LogP contribution is 2.33. The minimum absolute atomic E-state index is 0.238. The van der Waals surface area contributed by atoms with Crippen LogP contribution in [0.1, 0.15) is 25.3 Å². The monoisotopic (exact) mass is 234 g/mol. The number of rotatable bonds is 5. The number of hydrogen-bond acceptors (Lipinski definition) is 1. The maximum Gasteiger partial charge on any atom is 0.348 e. The van der Waals surface area contributed by atoms with Crippen LogP contribution in [-0.4, -0.2) is 6.61 Å². The largest absolute Gasteiger partial charge is 0.494 e. The first-order chi connectivity index (χ1) is 7.04. The molecule has 0 heterocycles. The Kier molecular flexibility index (Phi) is 4.33. The Hall–Kier alpha value is -0.830. The smallest absolute Gasteiger partial charge is 0.348 e. The van der Waals surface area contributed by atoms with Crippen LogP contribution in [0.5, 0.6) is 5.75 Å². The van der Waals surface area contributed by atoms with Gasteiger partial charge in [0.25, 0.3) is 0 Å². The van der Waals surface area contributed by atoms with Gasteiger partial charge in [0.15, 0.2) is 0 Å². The molecular formula is C11H13ClF2O. The van der Waals surface area contributed by atoms with Crippen molar-refractivity contribution in [3.8, 4) is 5.75 Å². The molecule has 4 heteroatoms. The molecule has 0 radical (unpaired) electrons. The van der Waals surface area contributed by atoms with Crippen molar-refractivity contribution < 1.29 is 13.5 Å². The van der Waals surface area contributed by atoms with Gasteiger partial charge in [-0.15, -0.1) is 0 Å². The maximum atomic E-state index is 12.7. The Morgan fingerprint density at radius 2 is 2.13 bits per heavy atom. The Morgan fingerprint density at radius 1 is 1.40 bits per heavy atom. The highest BCUT2D eigenvalue weighted by Gasteiger charge is 2.27. The van der Waals surface area contributed by atoms with Crippen molar-refractivity contribution in [2.24, 2.45) is 0 Å². The van der Waals surface area contributed by atoms with Crippen LogP contribution in [0.4, 0.5) is 8.78 Å². The normalized spacial score (nSPS) is 11.5. The van der Waals surface area contributed by atoms with Crippen molar-refractivity contribution >= 4 is 11.6 Å². The standard InChI is InChI=1S/C11H13ClF2O/c1-2-3-7-15-10-6-4-5-9(8-10)11(12,13)14/h4-6,8H,2-3,7H2,1H3. The third-order valence-corrected chi connectivity index (χ3v) is 2.15. The summed E-state index contributed by atoms with van der Waals surface area (Å²) >= 11 is 4.90. The van der Waals surface area contributed by atoms with Crippen molar-refractivity contribution in [3.63, 3.8) is 0 Å². The van der Waals surface area contributed by atoms with Crippen molar-refractivity contribution in [2.75, 3.05) is 6.61 Å². The van der Waals surface area contributed by atoms with Gasteiger partial charge in [-0.25, -0.2) is 0 Å². The summed E-state index contributed by atoms with van der Waals surface area (Å²) in [5.41, 5.74) is -0.238. The third kappa shape index (κ3) is 4.04. The number of hydrogen-bond donors (Lipinski definition) is 0. The van der Waals surface area contributed by atoms with Gasteiger partial charge >= 0.3 is 5.38 Å². The van der Waals surface area contributed by atoms with Gasteiger partial charge in [0.05, 0.1) is 6.61 Å². The van der Waals surface area contributed by atoms with E-state index in [1.807, 2.05) is 6.92 Å². The fourth-order valence-electron chi connectivity index (χ4n) is 1.10. The van der Waals surface area contributed by atoms with E-state index in [1.165, 1.54) is 18.2 Å². The van der Waals surface area contributed by atoms with E-state index < -0.39 is 5.38 Å². The topological polar surface area (TPSA) is 9.23 Å². The Bertz CT molecular complexity index is 310. The number of benzene rings is 1.